The lowest BCUT2D eigenvalue weighted by Crippen LogP contribution is -2.20. The second-order valence-electron chi connectivity index (χ2n) is 6.44. The second-order valence-corrected chi connectivity index (χ2v) is 7.32. The second kappa shape index (κ2) is 8.31. The first-order valence-electron chi connectivity index (χ1n) is 8.78. The molecule has 0 aliphatic carbocycles. The highest BCUT2D eigenvalue weighted by molar-refractivity contribution is 7.98. The number of benzene rings is 2. The van der Waals surface area contributed by atoms with Crippen molar-refractivity contribution in [1.82, 2.24) is 9.78 Å². The van der Waals surface area contributed by atoms with Crippen LogP contribution < -0.4 is 10.6 Å². The fourth-order valence-corrected chi connectivity index (χ4v) is 3.42. The third-order valence-corrected chi connectivity index (χ3v) is 5.25. The number of anilines is 2. The van der Waals surface area contributed by atoms with Crippen LogP contribution >= 0.6 is 11.8 Å². The van der Waals surface area contributed by atoms with Crippen molar-refractivity contribution in [3.63, 3.8) is 0 Å². The lowest BCUT2D eigenvalue weighted by atomic mass is 10.1. The summed E-state index contributed by atoms with van der Waals surface area (Å²) >= 11 is 1.64. The van der Waals surface area contributed by atoms with Crippen molar-refractivity contribution >= 4 is 29.2 Å². The number of urea groups is 1. The summed E-state index contributed by atoms with van der Waals surface area (Å²) in [7, 11) is 0. The van der Waals surface area contributed by atoms with Crippen molar-refractivity contribution < 1.29 is 4.79 Å². The molecule has 2 amide bonds. The van der Waals surface area contributed by atoms with Crippen molar-refractivity contribution in [2.45, 2.75) is 32.2 Å². The van der Waals surface area contributed by atoms with Gasteiger partial charge in [0.25, 0.3) is 0 Å². The van der Waals surface area contributed by atoms with E-state index in [1.807, 2.05) is 61.2 Å². The molecule has 0 bridgehead atoms. The van der Waals surface area contributed by atoms with Crippen LogP contribution in [0.4, 0.5) is 16.2 Å². The number of amides is 2. The number of hydrogen-bond acceptors (Lipinski definition) is 3. The molecule has 0 saturated carbocycles. The zero-order chi connectivity index (χ0) is 19.4. The molecule has 0 atom stereocenters. The first-order chi connectivity index (χ1) is 13.0. The minimum Gasteiger partial charge on any atom is -0.308 e. The van der Waals surface area contributed by atoms with Crippen LogP contribution in [0.25, 0.3) is 0 Å². The molecule has 2 N–H and O–H groups in total. The molecule has 3 rings (SSSR count). The van der Waals surface area contributed by atoms with Crippen molar-refractivity contribution in [1.29, 1.82) is 0 Å². The van der Waals surface area contributed by atoms with Gasteiger partial charge in [0.15, 0.2) is 0 Å². The first-order valence-corrected chi connectivity index (χ1v) is 10.0. The number of carbonyl (C=O) groups excluding carboxylic acids is 1. The zero-order valence-corrected chi connectivity index (χ0v) is 16.9. The molecule has 1 heterocycles. The first kappa shape index (κ1) is 19.0. The highest BCUT2D eigenvalue weighted by Gasteiger charge is 2.15. The molecular weight excluding hydrogens is 356 g/mol. The maximum atomic E-state index is 12.4. The van der Waals surface area contributed by atoms with E-state index >= 15 is 0 Å². The van der Waals surface area contributed by atoms with Crippen LogP contribution in [0.5, 0.6) is 0 Å². The van der Waals surface area contributed by atoms with E-state index in [1.54, 1.807) is 11.8 Å². The fraction of sp³-hybridized carbons (Fsp3) is 0.238. The molecule has 3 aromatic rings. The number of nitrogens with one attached hydrogen (secondary N) is 2. The van der Waals surface area contributed by atoms with E-state index in [4.69, 9.17) is 0 Å². The number of rotatable bonds is 5. The third kappa shape index (κ3) is 4.52. The van der Waals surface area contributed by atoms with Crippen LogP contribution in [0.1, 0.15) is 22.5 Å². The van der Waals surface area contributed by atoms with Crippen molar-refractivity contribution in [2.75, 3.05) is 16.9 Å². The Labute approximate surface area is 164 Å². The molecule has 140 valence electrons. The number of aromatic nitrogens is 2. The Hall–Kier alpha value is -2.73. The molecule has 0 aliphatic rings. The van der Waals surface area contributed by atoms with Gasteiger partial charge in [-0.1, -0.05) is 30.3 Å². The molecular formula is C21H24N4OS. The summed E-state index contributed by atoms with van der Waals surface area (Å²) < 4.78 is 1.93. The molecule has 1 aromatic heterocycles. The maximum absolute atomic E-state index is 12.4. The van der Waals surface area contributed by atoms with E-state index in [9.17, 15) is 4.79 Å². The van der Waals surface area contributed by atoms with Gasteiger partial charge in [-0.15, -0.1) is 11.8 Å². The molecule has 0 aliphatic heterocycles. The number of hydrogen-bond donors (Lipinski definition) is 2. The fourth-order valence-electron chi connectivity index (χ4n) is 2.96. The van der Waals surface area contributed by atoms with E-state index in [1.165, 1.54) is 11.1 Å². The maximum Gasteiger partial charge on any atom is 0.323 e. The van der Waals surface area contributed by atoms with Gasteiger partial charge in [-0.2, -0.15) is 5.10 Å². The predicted octanol–water partition coefficient (Wildman–Crippen LogP) is 5.22. The Morgan fingerprint density at radius 1 is 1.07 bits per heavy atom. The quantitative estimate of drug-likeness (QED) is 0.597. The standard InChI is InChI=1S/C21H24N4OS/c1-14-8-5-6-9-17(14)13-25-16(3)20(15(2)24-25)23-21(26)22-18-10-7-11-19(12-18)27-4/h5-12H,13H2,1-4H3,(H2,22,23,26). The Morgan fingerprint density at radius 2 is 1.85 bits per heavy atom. The summed E-state index contributed by atoms with van der Waals surface area (Å²) in [6.07, 6.45) is 2.01. The molecule has 6 heteroatoms. The molecule has 0 saturated heterocycles. The van der Waals surface area contributed by atoms with Gasteiger partial charge < -0.3 is 10.6 Å². The number of thioether (sulfide) groups is 1. The van der Waals surface area contributed by atoms with Crippen molar-refractivity contribution in [2.24, 2.45) is 0 Å². The average molecular weight is 381 g/mol. The monoisotopic (exact) mass is 380 g/mol. The van der Waals surface area contributed by atoms with Crippen LogP contribution in [-0.2, 0) is 6.54 Å². The van der Waals surface area contributed by atoms with Crippen LogP contribution in [-0.4, -0.2) is 22.1 Å². The summed E-state index contributed by atoms with van der Waals surface area (Å²) in [5.74, 6) is 0. The molecule has 0 fully saturated rings. The van der Waals surface area contributed by atoms with Gasteiger partial charge in [-0.05, 0) is 56.4 Å². The van der Waals surface area contributed by atoms with Gasteiger partial charge in [-0.3, -0.25) is 4.68 Å². The molecule has 0 spiro atoms. The Morgan fingerprint density at radius 3 is 2.59 bits per heavy atom. The van der Waals surface area contributed by atoms with E-state index < -0.39 is 0 Å². The van der Waals surface area contributed by atoms with E-state index in [0.717, 1.165) is 27.7 Å². The molecule has 2 aromatic carbocycles. The van der Waals surface area contributed by atoms with Gasteiger partial charge in [0.1, 0.15) is 0 Å². The number of aryl methyl sites for hydroxylation is 2. The largest absolute Gasteiger partial charge is 0.323 e. The van der Waals surface area contributed by atoms with E-state index in [2.05, 4.69) is 34.8 Å². The third-order valence-electron chi connectivity index (χ3n) is 4.53. The Bertz CT molecular complexity index is 965. The summed E-state index contributed by atoms with van der Waals surface area (Å²) in [6, 6.07) is 15.8. The SMILES string of the molecule is CSc1cccc(NC(=O)Nc2c(C)nn(Cc3ccccc3C)c2C)c1. The van der Waals surface area contributed by atoms with Gasteiger partial charge >= 0.3 is 6.03 Å². The molecule has 0 radical (unpaired) electrons. The van der Waals surface area contributed by atoms with Gasteiger partial charge in [0, 0.05) is 10.6 Å². The van der Waals surface area contributed by atoms with Crippen LogP contribution in [0, 0.1) is 20.8 Å². The highest BCUT2D eigenvalue weighted by Crippen LogP contribution is 2.22. The average Bonchev–Trinajstić information content (AvgIpc) is 2.91. The highest BCUT2D eigenvalue weighted by atomic mass is 32.2. The Balaban J connectivity index is 1.74. The lowest BCUT2D eigenvalue weighted by Gasteiger charge is -2.10. The Kier molecular flexibility index (Phi) is 5.86. The topological polar surface area (TPSA) is 59.0 Å². The minimum atomic E-state index is -0.269. The van der Waals surface area contributed by atoms with Crippen LogP contribution in [0.15, 0.2) is 53.4 Å². The minimum absolute atomic E-state index is 0.269. The summed E-state index contributed by atoms with van der Waals surface area (Å²) in [5, 5.41) is 10.4. The zero-order valence-electron chi connectivity index (χ0n) is 16.0. The molecule has 5 nitrogen and oxygen atoms in total. The number of carbonyl (C=O) groups is 1. The normalized spacial score (nSPS) is 10.7. The van der Waals surface area contributed by atoms with Crippen molar-refractivity contribution in [3.8, 4) is 0 Å². The molecule has 27 heavy (non-hydrogen) atoms. The summed E-state index contributed by atoms with van der Waals surface area (Å²) in [4.78, 5) is 13.5. The smallest absolute Gasteiger partial charge is 0.308 e. The van der Waals surface area contributed by atoms with Crippen LogP contribution in [0.3, 0.4) is 0 Å². The van der Waals surface area contributed by atoms with E-state index in [-0.39, 0.29) is 6.03 Å². The van der Waals surface area contributed by atoms with Crippen molar-refractivity contribution in [3.05, 3.63) is 71.0 Å². The van der Waals surface area contributed by atoms with Crippen LogP contribution in [0.2, 0.25) is 0 Å². The molecule has 0 unspecified atom stereocenters. The predicted molar refractivity (Wildman–Crippen MR) is 113 cm³/mol. The summed E-state index contributed by atoms with van der Waals surface area (Å²) in [6.45, 7) is 6.66. The summed E-state index contributed by atoms with van der Waals surface area (Å²) in [5.41, 5.74) is 5.70. The van der Waals surface area contributed by atoms with Gasteiger partial charge in [0.2, 0.25) is 0 Å². The van der Waals surface area contributed by atoms with Gasteiger partial charge in [-0.25, -0.2) is 4.79 Å². The van der Waals surface area contributed by atoms with Gasteiger partial charge in [0.05, 0.1) is 23.6 Å². The lowest BCUT2D eigenvalue weighted by molar-refractivity contribution is 0.262. The van der Waals surface area contributed by atoms with E-state index in [0.29, 0.717) is 6.54 Å². The number of nitrogens with zero attached hydrogens (tertiary/aromatic N) is 2.